The third-order valence-corrected chi connectivity index (χ3v) is 9.01. The SMILES string of the molecule is CC(C)c1ccnc(-c2[c-]cccc2)c1.CC(c1c[c-]c(-c2ccc([Si](C)(C)C)cn2)cc1)c1ccccc1.[Ir]. The Balaban J connectivity index is 0.000000238. The maximum Gasteiger partial charge on any atom is 0.0795 e. The molecule has 0 bridgehead atoms. The molecule has 0 fully saturated rings. The molecule has 0 N–H and O–H groups in total. The maximum absolute atomic E-state index is 4.65. The van der Waals surface area contributed by atoms with Crippen molar-refractivity contribution in [2.45, 2.75) is 52.2 Å². The van der Waals surface area contributed by atoms with Crippen LogP contribution < -0.4 is 5.19 Å². The van der Waals surface area contributed by atoms with Gasteiger partial charge >= 0.3 is 0 Å². The van der Waals surface area contributed by atoms with Crippen LogP contribution in [0.5, 0.6) is 0 Å². The van der Waals surface area contributed by atoms with E-state index >= 15 is 0 Å². The minimum absolute atomic E-state index is 0. The fourth-order valence-corrected chi connectivity index (χ4v) is 5.34. The van der Waals surface area contributed by atoms with Gasteiger partial charge in [0.15, 0.2) is 0 Å². The molecule has 2 heterocycles. The van der Waals surface area contributed by atoms with Gasteiger partial charge < -0.3 is 9.97 Å². The molecule has 2 aromatic heterocycles. The van der Waals surface area contributed by atoms with Gasteiger partial charge in [-0.3, -0.25) is 0 Å². The Morgan fingerprint density at radius 2 is 1.38 bits per heavy atom. The number of hydrogen-bond donors (Lipinski definition) is 0. The van der Waals surface area contributed by atoms with Crippen LogP contribution in [0.15, 0.2) is 109 Å². The van der Waals surface area contributed by atoms with Crippen molar-refractivity contribution in [2.24, 2.45) is 0 Å². The van der Waals surface area contributed by atoms with Crippen LogP contribution in [0.1, 0.15) is 49.3 Å². The molecule has 3 aromatic carbocycles. The van der Waals surface area contributed by atoms with Crippen LogP contribution in [0, 0.1) is 12.1 Å². The second-order valence-electron chi connectivity index (χ2n) is 11.3. The largest absolute Gasteiger partial charge is 0.305 e. The van der Waals surface area contributed by atoms with Crippen molar-refractivity contribution >= 4 is 13.3 Å². The quantitative estimate of drug-likeness (QED) is 0.130. The normalized spacial score (nSPS) is 11.7. The van der Waals surface area contributed by atoms with Crippen molar-refractivity contribution in [3.63, 3.8) is 0 Å². The predicted octanol–water partition coefficient (Wildman–Crippen LogP) is 8.92. The first-order chi connectivity index (χ1) is 18.7. The molecule has 5 rings (SSSR count). The summed E-state index contributed by atoms with van der Waals surface area (Å²) in [6.45, 7) is 13.6. The molecular weight excluding hydrogens is 681 g/mol. The summed E-state index contributed by atoms with van der Waals surface area (Å²) in [5, 5.41) is 1.39. The number of nitrogens with zero attached hydrogens (tertiary/aromatic N) is 2. The molecule has 2 nitrogen and oxygen atoms in total. The molecule has 207 valence electrons. The molecule has 1 radical (unpaired) electrons. The Labute approximate surface area is 255 Å². The monoisotopic (exact) mass is 719 g/mol. The van der Waals surface area contributed by atoms with Crippen LogP contribution in [0.4, 0.5) is 0 Å². The van der Waals surface area contributed by atoms with Gasteiger partial charge in [-0.1, -0.05) is 94.5 Å². The van der Waals surface area contributed by atoms with Crippen molar-refractivity contribution in [1.29, 1.82) is 0 Å². The average Bonchev–Trinajstić information content (AvgIpc) is 2.98. The zero-order valence-corrected chi connectivity index (χ0v) is 27.7. The van der Waals surface area contributed by atoms with E-state index in [-0.39, 0.29) is 20.1 Å². The second-order valence-corrected chi connectivity index (χ2v) is 16.3. The molecule has 0 saturated carbocycles. The van der Waals surface area contributed by atoms with Crippen LogP contribution in [0.2, 0.25) is 19.6 Å². The van der Waals surface area contributed by atoms with Crippen LogP contribution in [0.3, 0.4) is 0 Å². The molecule has 0 aliphatic rings. The maximum atomic E-state index is 4.65. The number of pyridine rings is 2. The third kappa shape index (κ3) is 8.41. The van der Waals surface area contributed by atoms with Crippen molar-refractivity contribution in [1.82, 2.24) is 9.97 Å². The Morgan fingerprint density at radius 1 is 0.650 bits per heavy atom. The zero-order chi connectivity index (χ0) is 27.8. The topological polar surface area (TPSA) is 25.8 Å². The fraction of sp³-hybridized carbons (Fsp3) is 0.222. The van der Waals surface area contributed by atoms with Crippen LogP contribution >= 0.6 is 0 Å². The van der Waals surface area contributed by atoms with Gasteiger partial charge in [0, 0.05) is 32.5 Å². The summed E-state index contributed by atoms with van der Waals surface area (Å²) in [5.74, 6) is 0.911. The predicted molar refractivity (Wildman–Crippen MR) is 168 cm³/mol. The summed E-state index contributed by atoms with van der Waals surface area (Å²) in [4.78, 5) is 9.01. The summed E-state index contributed by atoms with van der Waals surface area (Å²) in [7, 11) is -1.29. The van der Waals surface area contributed by atoms with E-state index in [0.717, 1.165) is 22.5 Å². The smallest absolute Gasteiger partial charge is 0.0795 e. The van der Waals surface area contributed by atoms with E-state index in [4.69, 9.17) is 0 Å². The minimum Gasteiger partial charge on any atom is -0.305 e. The Hall–Kier alpha value is -3.17. The van der Waals surface area contributed by atoms with E-state index < -0.39 is 8.07 Å². The molecule has 5 aromatic rings. The molecular formula is C36H38IrN2Si-2. The minimum atomic E-state index is -1.29. The van der Waals surface area contributed by atoms with Gasteiger partial charge in [0.1, 0.15) is 0 Å². The van der Waals surface area contributed by atoms with E-state index in [1.54, 1.807) is 0 Å². The summed E-state index contributed by atoms with van der Waals surface area (Å²) in [6.07, 6.45) is 3.90. The van der Waals surface area contributed by atoms with E-state index in [1.165, 1.54) is 21.9 Å². The van der Waals surface area contributed by atoms with E-state index in [9.17, 15) is 0 Å². The standard InChI is InChI=1S/C22H24NSi.C14H14N.Ir/c1-17(18-8-6-5-7-9-18)19-10-12-20(13-11-19)22-15-14-21(16-23-22)24(2,3)4;1-11(2)13-8-9-15-14(10-13)12-6-4-3-5-7-12;/h5-12,14-17H,1-4H3;3-6,8-11H,1-2H3;/q2*-1;. The van der Waals surface area contributed by atoms with Gasteiger partial charge in [-0.25, -0.2) is 0 Å². The third-order valence-electron chi connectivity index (χ3n) is 6.98. The first-order valence-corrected chi connectivity index (χ1v) is 17.2. The fourth-order valence-electron chi connectivity index (χ4n) is 4.30. The molecule has 1 unspecified atom stereocenters. The van der Waals surface area contributed by atoms with Crippen molar-refractivity contribution in [2.75, 3.05) is 0 Å². The van der Waals surface area contributed by atoms with Crippen LogP contribution in [-0.4, -0.2) is 18.0 Å². The Bertz CT molecular complexity index is 1440. The Morgan fingerprint density at radius 3 is 1.95 bits per heavy atom. The molecule has 1 atom stereocenters. The first kappa shape index (κ1) is 31.4. The van der Waals surface area contributed by atoms with Gasteiger partial charge in [-0.15, -0.1) is 71.3 Å². The number of rotatable bonds is 6. The van der Waals surface area contributed by atoms with E-state index in [0.29, 0.717) is 11.8 Å². The molecule has 0 spiro atoms. The van der Waals surface area contributed by atoms with Gasteiger partial charge in [0.05, 0.1) is 8.07 Å². The average molecular weight is 719 g/mol. The summed E-state index contributed by atoms with van der Waals surface area (Å²) >= 11 is 0. The van der Waals surface area contributed by atoms with Gasteiger partial charge in [0.25, 0.3) is 0 Å². The van der Waals surface area contributed by atoms with E-state index in [2.05, 4.69) is 135 Å². The first-order valence-electron chi connectivity index (χ1n) is 13.7. The zero-order valence-electron chi connectivity index (χ0n) is 24.3. The van der Waals surface area contributed by atoms with Crippen molar-refractivity contribution in [3.8, 4) is 22.5 Å². The summed E-state index contributed by atoms with van der Waals surface area (Å²) < 4.78 is 0. The number of hydrogen-bond acceptors (Lipinski definition) is 2. The van der Waals surface area contributed by atoms with Gasteiger partial charge in [0.2, 0.25) is 0 Å². The Kier molecular flexibility index (Phi) is 11.3. The molecule has 4 heteroatoms. The molecule has 0 aliphatic carbocycles. The summed E-state index contributed by atoms with van der Waals surface area (Å²) in [5.41, 5.74) is 8.04. The summed E-state index contributed by atoms with van der Waals surface area (Å²) in [6, 6.07) is 40.1. The number of benzene rings is 3. The molecule has 40 heavy (non-hydrogen) atoms. The van der Waals surface area contributed by atoms with Gasteiger partial charge in [-0.05, 0) is 40.0 Å². The van der Waals surface area contributed by atoms with Crippen LogP contribution in [0.25, 0.3) is 22.5 Å². The van der Waals surface area contributed by atoms with E-state index in [1.807, 2.05) is 36.7 Å². The number of aromatic nitrogens is 2. The van der Waals surface area contributed by atoms with Crippen molar-refractivity contribution < 1.29 is 20.1 Å². The van der Waals surface area contributed by atoms with Gasteiger partial charge in [-0.2, -0.15) is 0 Å². The second kappa shape index (κ2) is 14.5. The van der Waals surface area contributed by atoms with Crippen molar-refractivity contribution in [3.05, 3.63) is 138 Å². The van der Waals surface area contributed by atoms with Crippen LogP contribution in [-0.2, 0) is 20.1 Å². The molecule has 0 saturated heterocycles. The molecule has 0 aliphatic heterocycles. The molecule has 0 amide bonds.